The van der Waals surface area contributed by atoms with Crippen LogP contribution in [-0.4, -0.2) is 52.3 Å². The Morgan fingerprint density at radius 3 is 1.74 bits per heavy atom. The maximum Gasteiger partial charge on any atom is 0.469 e. The zero-order valence-corrected chi connectivity index (χ0v) is 32.3. The van der Waals surface area contributed by atoms with Gasteiger partial charge in [-0.25, -0.2) is 4.57 Å². The summed E-state index contributed by atoms with van der Waals surface area (Å²) in [6.07, 6.45) is 38.7. The van der Waals surface area contributed by atoms with Gasteiger partial charge in [0, 0.05) is 12.8 Å². The lowest BCUT2D eigenvalue weighted by molar-refractivity contribution is -0.161. The van der Waals surface area contributed by atoms with Gasteiger partial charge in [-0.1, -0.05) is 165 Å². The number of phosphoric ester groups is 1. The second-order valence-electron chi connectivity index (χ2n) is 13.1. The molecule has 0 aliphatic rings. The van der Waals surface area contributed by atoms with Crippen LogP contribution in [0, 0.1) is 0 Å². The van der Waals surface area contributed by atoms with Crippen molar-refractivity contribution in [3.63, 3.8) is 0 Å². The maximum atomic E-state index is 12.4. The molecule has 0 amide bonds. The highest BCUT2D eigenvalue weighted by atomic mass is 31.2. The second-order valence-corrected chi connectivity index (χ2v) is 14.3. The Morgan fingerprint density at radius 1 is 0.620 bits per heavy atom. The van der Waals surface area contributed by atoms with E-state index < -0.39 is 32.5 Å². The van der Waals surface area contributed by atoms with Crippen molar-refractivity contribution >= 4 is 19.8 Å². The maximum absolute atomic E-state index is 12.4. The first kappa shape index (κ1) is 48.0. The Morgan fingerprint density at radius 2 is 1.14 bits per heavy atom. The van der Waals surface area contributed by atoms with Gasteiger partial charge in [0.1, 0.15) is 6.61 Å². The van der Waals surface area contributed by atoms with E-state index in [0.717, 1.165) is 57.8 Å². The number of aliphatic hydroxyl groups excluding tert-OH is 1. The summed E-state index contributed by atoms with van der Waals surface area (Å²) in [6.45, 7) is 3.50. The number of esters is 2. The zero-order valence-electron chi connectivity index (χ0n) is 31.4. The molecule has 0 aromatic carbocycles. The van der Waals surface area contributed by atoms with E-state index in [4.69, 9.17) is 19.3 Å². The molecule has 3 N–H and O–H groups in total. The van der Waals surface area contributed by atoms with Crippen molar-refractivity contribution in [1.82, 2.24) is 0 Å². The highest BCUT2D eigenvalue weighted by molar-refractivity contribution is 7.46. The lowest BCUT2D eigenvalue weighted by atomic mass is 10.0. The molecule has 0 aromatic rings. The van der Waals surface area contributed by atoms with Crippen molar-refractivity contribution in [3.8, 4) is 0 Å². The minimum absolute atomic E-state index is 0.171. The Hall–Kier alpha value is -2.03. The third-order valence-corrected chi connectivity index (χ3v) is 8.69. The van der Waals surface area contributed by atoms with E-state index >= 15 is 0 Å². The van der Waals surface area contributed by atoms with Crippen LogP contribution in [0.3, 0.4) is 0 Å². The third-order valence-electron chi connectivity index (χ3n) is 8.20. The first-order valence-corrected chi connectivity index (χ1v) is 21.1. The van der Waals surface area contributed by atoms with Crippen molar-refractivity contribution in [2.45, 2.75) is 180 Å². The van der Waals surface area contributed by atoms with E-state index in [1.807, 2.05) is 36.5 Å². The van der Waals surface area contributed by atoms with Gasteiger partial charge >= 0.3 is 19.8 Å². The van der Waals surface area contributed by atoms with Gasteiger partial charge in [0.2, 0.25) is 0 Å². The first-order valence-electron chi connectivity index (χ1n) is 19.5. The molecule has 0 bridgehead atoms. The van der Waals surface area contributed by atoms with Crippen LogP contribution in [0.15, 0.2) is 48.6 Å². The smallest absolute Gasteiger partial charge is 0.462 e. The summed E-state index contributed by atoms with van der Waals surface area (Å²) < 4.78 is 26.2. The normalized spacial score (nSPS) is 13.6. The van der Waals surface area contributed by atoms with Crippen molar-refractivity contribution in [1.29, 1.82) is 0 Å². The summed E-state index contributed by atoms with van der Waals surface area (Å²) in [5.74, 6) is -0.976. The fourth-order valence-corrected chi connectivity index (χ4v) is 5.60. The molecule has 0 aromatic heterocycles. The molecule has 0 unspecified atom stereocenters. The van der Waals surface area contributed by atoms with Gasteiger partial charge in [-0.2, -0.15) is 0 Å². The van der Waals surface area contributed by atoms with Crippen molar-refractivity contribution in [2.24, 2.45) is 0 Å². The predicted octanol–water partition coefficient (Wildman–Crippen LogP) is 10.5. The number of phosphoric acid groups is 1. The van der Waals surface area contributed by atoms with Gasteiger partial charge in [-0.3, -0.25) is 14.1 Å². The van der Waals surface area contributed by atoms with Crippen molar-refractivity contribution < 1.29 is 43.0 Å². The molecule has 0 spiro atoms. The summed E-state index contributed by atoms with van der Waals surface area (Å²) >= 11 is 0. The number of carbonyl (C=O) groups is 2. The van der Waals surface area contributed by atoms with E-state index in [-0.39, 0.29) is 25.6 Å². The monoisotopic (exact) mass is 726 g/mol. The molecule has 0 heterocycles. The van der Waals surface area contributed by atoms with Gasteiger partial charge in [0.15, 0.2) is 6.10 Å². The summed E-state index contributed by atoms with van der Waals surface area (Å²) in [4.78, 5) is 42.7. The summed E-state index contributed by atoms with van der Waals surface area (Å²) in [5, 5.41) is 9.86. The van der Waals surface area contributed by atoms with E-state index in [1.165, 1.54) is 64.2 Å². The first-order chi connectivity index (χ1) is 24.2. The summed E-state index contributed by atoms with van der Waals surface area (Å²) in [5.41, 5.74) is 0. The summed E-state index contributed by atoms with van der Waals surface area (Å²) in [7, 11) is -4.77. The van der Waals surface area contributed by atoms with E-state index in [1.54, 1.807) is 0 Å². The SMILES string of the molecule is CCCCCCCCCCCCCCCCC(=O)O[C@H](COC(=O)CCC/C=C\C/C=C\C/C=C\C=C\[C@H](O)CCCCC)COP(=O)(O)O. The number of hydrogen-bond acceptors (Lipinski definition) is 7. The Bertz CT molecular complexity index is 970. The number of aliphatic hydroxyl groups is 1. The molecule has 0 saturated carbocycles. The van der Waals surface area contributed by atoms with Crippen LogP contribution in [0.2, 0.25) is 0 Å². The minimum Gasteiger partial charge on any atom is -0.462 e. The number of ether oxygens (including phenoxy) is 2. The molecule has 0 fully saturated rings. The topological polar surface area (TPSA) is 140 Å². The van der Waals surface area contributed by atoms with Crippen LogP contribution >= 0.6 is 7.82 Å². The number of rotatable bonds is 35. The van der Waals surface area contributed by atoms with Crippen LogP contribution in [0.5, 0.6) is 0 Å². The molecule has 2 atom stereocenters. The lowest BCUT2D eigenvalue weighted by Crippen LogP contribution is -2.29. The van der Waals surface area contributed by atoms with Crippen LogP contribution in [0.4, 0.5) is 0 Å². The highest BCUT2D eigenvalue weighted by Crippen LogP contribution is 2.36. The molecule has 9 nitrogen and oxygen atoms in total. The Kier molecular flexibility index (Phi) is 33.9. The van der Waals surface area contributed by atoms with Gasteiger partial charge in [0.05, 0.1) is 12.7 Å². The van der Waals surface area contributed by atoms with Gasteiger partial charge in [-0.15, -0.1) is 0 Å². The van der Waals surface area contributed by atoms with Crippen LogP contribution in [-0.2, 0) is 28.2 Å². The number of allylic oxidation sites excluding steroid dienone is 7. The van der Waals surface area contributed by atoms with Crippen molar-refractivity contribution in [2.75, 3.05) is 13.2 Å². The van der Waals surface area contributed by atoms with E-state index in [9.17, 15) is 19.3 Å². The predicted molar refractivity (Wildman–Crippen MR) is 204 cm³/mol. The molecule has 10 heteroatoms. The van der Waals surface area contributed by atoms with E-state index in [2.05, 4.69) is 30.5 Å². The number of carbonyl (C=O) groups excluding carboxylic acids is 2. The fraction of sp³-hybridized carbons (Fsp3) is 0.750. The minimum atomic E-state index is -4.77. The van der Waals surface area contributed by atoms with Crippen LogP contribution < -0.4 is 0 Å². The molecule has 0 saturated heterocycles. The lowest BCUT2D eigenvalue weighted by Gasteiger charge is -2.18. The van der Waals surface area contributed by atoms with Crippen molar-refractivity contribution in [3.05, 3.63) is 48.6 Å². The Balaban J connectivity index is 4.09. The number of hydrogen-bond donors (Lipinski definition) is 3. The molecular weight excluding hydrogens is 655 g/mol. The average molecular weight is 727 g/mol. The van der Waals surface area contributed by atoms with Gasteiger partial charge in [-0.05, 0) is 38.5 Å². The molecule has 0 radical (unpaired) electrons. The quantitative estimate of drug-likeness (QED) is 0.0191. The number of unbranched alkanes of at least 4 members (excludes halogenated alkanes) is 16. The van der Waals surface area contributed by atoms with Crippen LogP contribution in [0.1, 0.15) is 168 Å². The van der Waals surface area contributed by atoms with E-state index in [0.29, 0.717) is 19.3 Å². The molecule has 290 valence electrons. The largest absolute Gasteiger partial charge is 0.469 e. The molecule has 0 aliphatic carbocycles. The van der Waals surface area contributed by atoms with Gasteiger partial charge < -0.3 is 24.4 Å². The molecule has 50 heavy (non-hydrogen) atoms. The van der Waals surface area contributed by atoms with Crippen LogP contribution in [0.25, 0.3) is 0 Å². The summed E-state index contributed by atoms with van der Waals surface area (Å²) in [6, 6.07) is 0. The molecular formula is C40H71O9P. The third kappa shape index (κ3) is 37.2. The standard InChI is InChI=1S/C40H71O9P/c1-3-5-7-8-9-10-11-12-13-16-20-23-26-30-34-40(43)49-38(36-48-50(44,45)46)35-47-39(42)33-29-25-22-19-17-14-15-18-21-24-28-32-37(41)31-27-6-4-2/h14-15,19,21-22,24,28,32,37-38,41H,3-13,16-18,20,23,25-27,29-31,33-36H2,1-2H3,(H2,44,45,46)/b15-14-,22-19-,24-21-,32-28+/t37-,38-/m1/s1. The average Bonchev–Trinajstić information content (AvgIpc) is 3.07. The molecule has 0 rings (SSSR count). The molecule has 0 aliphatic heterocycles. The van der Waals surface area contributed by atoms with Gasteiger partial charge in [0.25, 0.3) is 0 Å². The highest BCUT2D eigenvalue weighted by Gasteiger charge is 2.22. The second kappa shape index (κ2) is 35.4. The fourth-order valence-electron chi connectivity index (χ4n) is 5.24. The Labute approximate surface area is 304 Å². The zero-order chi connectivity index (χ0) is 37.0.